The Hall–Kier alpha value is -7.78. The Morgan fingerprint density at radius 1 is 0.420 bits per heavy atom. The SMILES string of the molecule is CC(C)(COC(=O)c1ccccc1)COC(=O)c1ccccc1.CCCc1ccccc1.Cc1ccc(Cl)cc1Cl.Cc1ccccc1-c1ccccc1C.O=C(OCC1CCC(COC(=O)c2ccccc2)CC1)c1ccccc1. The summed E-state index contributed by atoms with van der Waals surface area (Å²) in [6.07, 6.45) is 6.43. The Morgan fingerprint density at radius 3 is 1.06 bits per heavy atom. The molecule has 1 aliphatic rings. The molecule has 0 aliphatic heterocycles. The van der Waals surface area contributed by atoms with E-state index in [0.717, 1.165) is 36.3 Å². The molecule has 0 saturated heterocycles. The van der Waals surface area contributed by atoms with Crippen molar-refractivity contribution in [1.82, 2.24) is 0 Å². The first-order valence-electron chi connectivity index (χ1n) is 27.6. The van der Waals surface area contributed by atoms with Crippen LogP contribution in [0.4, 0.5) is 0 Å². The van der Waals surface area contributed by atoms with Gasteiger partial charge in [-0.2, -0.15) is 0 Å². The Bertz CT molecular complexity index is 2940. The molecule has 8 nitrogen and oxygen atoms in total. The first-order valence-corrected chi connectivity index (χ1v) is 28.3. The molecule has 81 heavy (non-hydrogen) atoms. The molecule has 1 fully saturated rings. The van der Waals surface area contributed by atoms with Crippen LogP contribution in [-0.2, 0) is 25.4 Å². The molecule has 0 atom stereocenters. The zero-order valence-electron chi connectivity index (χ0n) is 47.5. The fourth-order valence-electron chi connectivity index (χ4n) is 8.40. The summed E-state index contributed by atoms with van der Waals surface area (Å²) in [6, 6.07) is 68.8. The van der Waals surface area contributed by atoms with Gasteiger partial charge in [-0.25, -0.2) is 19.2 Å². The maximum Gasteiger partial charge on any atom is 0.338 e. The average molecular weight is 1130 g/mol. The van der Waals surface area contributed by atoms with Gasteiger partial charge in [0.1, 0.15) is 0 Å². The van der Waals surface area contributed by atoms with E-state index in [1.807, 2.05) is 81.4 Å². The molecule has 9 rings (SSSR count). The lowest BCUT2D eigenvalue weighted by Gasteiger charge is -2.27. The molecule has 0 aromatic heterocycles. The van der Waals surface area contributed by atoms with Gasteiger partial charge in [0.25, 0.3) is 0 Å². The molecule has 0 spiro atoms. The number of aryl methyl sites for hydroxylation is 4. The minimum Gasteiger partial charge on any atom is -0.462 e. The third-order valence-corrected chi connectivity index (χ3v) is 13.8. The van der Waals surface area contributed by atoms with Crippen LogP contribution in [0.2, 0.25) is 10.0 Å². The molecule has 1 saturated carbocycles. The smallest absolute Gasteiger partial charge is 0.338 e. The van der Waals surface area contributed by atoms with Crippen LogP contribution in [0.25, 0.3) is 11.1 Å². The first-order chi connectivity index (χ1) is 39.1. The molecule has 8 aromatic rings. The zero-order chi connectivity index (χ0) is 58.2. The fourth-order valence-corrected chi connectivity index (χ4v) is 8.80. The van der Waals surface area contributed by atoms with Gasteiger partial charge >= 0.3 is 23.9 Å². The number of ether oxygens (including phenoxy) is 4. The number of halogens is 2. The number of carbonyl (C=O) groups excluding carboxylic acids is 4. The molecule has 8 aromatic carbocycles. The lowest BCUT2D eigenvalue weighted by atomic mass is 9.83. The van der Waals surface area contributed by atoms with E-state index in [1.165, 1.54) is 40.7 Å². The molecule has 0 bridgehead atoms. The van der Waals surface area contributed by atoms with Crippen LogP contribution in [0, 0.1) is 38.0 Å². The Kier molecular flexibility index (Phi) is 27.7. The number of rotatable bonds is 15. The topological polar surface area (TPSA) is 105 Å². The maximum absolute atomic E-state index is 12.0. The predicted octanol–water partition coefficient (Wildman–Crippen LogP) is 18.1. The summed E-state index contributed by atoms with van der Waals surface area (Å²) >= 11 is 11.4. The van der Waals surface area contributed by atoms with Crippen molar-refractivity contribution < 1.29 is 38.1 Å². The summed E-state index contributed by atoms with van der Waals surface area (Å²) in [5, 5.41) is 1.41. The van der Waals surface area contributed by atoms with E-state index in [1.54, 1.807) is 78.9 Å². The molecule has 1 aliphatic carbocycles. The Labute approximate surface area is 490 Å². The Morgan fingerprint density at radius 2 is 0.741 bits per heavy atom. The molecule has 0 N–H and O–H groups in total. The molecule has 0 radical (unpaired) electrons. The normalized spacial score (nSPS) is 13.2. The van der Waals surface area contributed by atoms with Gasteiger partial charge in [-0.3, -0.25) is 0 Å². The number of benzene rings is 8. The van der Waals surface area contributed by atoms with Gasteiger partial charge in [-0.15, -0.1) is 0 Å². The highest BCUT2D eigenvalue weighted by Gasteiger charge is 2.25. The predicted molar refractivity (Wildman–Crippen MR) is 329 cm³/mol. The quantitative estimate of drug-likeness (QED) is 0.0738. The summed E-state index contributed by atoms with van der Waals surface area (Å²) in [5.41, 5.74) is 9.58. The van der Waals surface area contributed by atoms with Crippen LogP contribution >= 0.6 is 23.2 Å². The minimum atomic E-state index is -0.463. The van der Waals surface area contributed by atoms with Gasteiger partial charge in [0.05, 0.1) is 48.7 Å². The maximum atomic E-state index is 12.0. The second-order valence-corrected chi connectivity index (χ2v) is 21.5. The van der Waals surface area contributed by atoms with Crippen molar-refractivity contribution in [2.75, 3.05) is 26.4 Å². The van der Waals surface area contributed by atoms with Crippen molar-refractivity contribution in [2.45, 2.75) is 80.1 Å². The highest BCUT2D eigenvalue weighted by atomic mass is 35.5. The number of hydrogen-bond donors (Lipinski definition) is 0. The third kappa shape index (κ3) is 23.8. The zero-order valence-corrected chi connectivity index (χ0v) is 49.0. The summed E-state index contributed by atoms with van der Waals surface area (Å²) in [4.78, 5) is 47.8. The van der Waals surface area contributed by atoms with Crippen LogP contribution in [-0.4, -0.2) is 50.3 Å². The van der Waals surface area contributed by atoms with E-state index in [9.17, 15) is 19.2 Å². The van der Waals surface area contributed by atoms with Gasteiger partial charge in [0.2, 0.25) is 0 Å². The van der Waals surface area contributed by atoms with E-state index < -0.39 is 5.41 Å². The molecule has 0 unspecified atom stereocenters. The van der Waals surface area contributed by atoms with E-state index in [-0.39, 0.29) is 37.1 Å². The number of hydrogen-bond acceptors (Lipinski definition) is 8. The van der Waals surface area contributed by atoms with E-state index in [4.69, 9.17) is 42.1 Å². The molecule has 422 valence electrons. The standard InChI is InChI=1S/C22H24O4.C19H20O4.C14H14.C9H12.C7H6Cl2/c23-21(19-7-3-1-4-8-19)25-15-17-11-13-18(14-12-17)16-26-22(24)20-9-5-2-6-10-20;1-19(2,13-22-17(20)15-9-5-3-6-10-15)14-23-18(21)16-11-7-4-8-12-16;1-11-7-3-5-9-13(11)14-10-6-4-8-12(14)2;1-2-6-9-7-4-3-5-8-9;1-5-2-3-6(8)4-7(5)9/h1-10,17-18H,11-16H2;3-12H,13-14H2,1-2H3;3-10H,1-2H3;3-5,7-8H,2,6H2,1H3;2-4H,1H3. The van der Waals surface area contributed by atoms with Crippen molar-refractivity contribution in [1.29, 1.82) is 0 Å². The summed E-state index contributed by atoms with van der Waals surface area (Å²) < 4.78 is 21.5. The summed E-state index contributed by atoms with van der Waals surface area (Å²) in [6.45, 7) is 13.5. The molecule has 0 heterocycles. The monoisotopic (exact) mass is 1130 g/mol. The molecular weight excluding hydrogens is 1050 g/mol. The van der Waals surface area contributed by atoms with Crippen molar-refractivity contribution in [3.8, 4) is 11.1 Å². The van der Waals surface area contributed by atoms with E-state index in [2.05, 4.69) is 99.6 Å². The van der Waals surface area contributed by atoms with E-state index in [0.29, 0.717) is 52.3 Å². The summed E-state index contributed by atoms with van der Waals surface area (Å²) in [5.74, 6) is -0.498. The Balaban J connectivity index is 0.000000198. The highest BCUT2D eigenvalue weighted by molar-refractivity contribution is 6.35. The van der Waals surface area contributed by atoms with Gasteiger partial charge in [0.15, 0.2) is 0 Å². The van der Waals surface area contributed by atoms with Gasteiger partial charge in [-0.05, 0) is 159 Å². The first kappa shape index (κ1) is 64.0. The van der Waals surface area contributed by atoms with Gasteiger partial charge in [-0.1, -0.05) is 208 Å². The second kappa shape index (κ2) is 35.1. The van der Waals surface area contributed by atoms with Gasteiger partial charge < -0.3 is 18.9 Å². The van der Waals surface area contributed by atoms with Crippen LogP contribution in [0.3, 0.4) is 0 Å². The van der Waals surface area contributed by atoms with Crippen molar-refractivity contribution >= 4 is 47.1 Å². The van der Waals surface area contributed by atoms with Crippen LogP contribution in [0.5, 0.6) is 0 Å². The van der Waals surface area contributed by atoms with Crippen molar-refractivity contribution in [2.24, 2.45) is 17.3 Å². The molecule has 10 heteroatoms. The van der Waals surface area contributed by atoms with Gasteiger partial charge in [0, 0.05) is 15.5 Å². The van der Waals surface area contributed by atoms with Crippen LogP contribution in [0.15, 0.2) is 218 Å². The number of esters is 4. The van der Waals surface area contributed by atoms with Crippen molar-refractivity contribution in [3.63, 3.8) is 0 Å². The summed E-state index contributed by atoms with van der Waals surface area (Å²) in [7, 11) is 0. The molecule has 0 amide bonds. The molecular formula is C71H76Cl2O8. The van der Waals surface area contributed by atoms with Crippen LogP contribution in [0.1, 0.15) is 117 Å². The largest absolute Gasteiger partial charge is 0.462 e. The number of carbonyl (C=O) groups is 4. The van der Waals surface area contributed by atoms with Crippen molar-refractivity contribution in [3.05, 3.63) is 273 Å². The fraction of sp³-hybridized carbons (Fsp3) is 0.268. The van der Waals surface area contributed by atoms with Crippen LogP contribution < -0.4 is 0 Å². The highest BCUT2D eigenvalue weighted by Crippen LogP contribution is 2.30. The lowest BCUT2D eigenvalue weighted by molar-refractivity contribution is 0.00611. The minimum absolute atomic E-state index is 0.169. The average Bonchev–Trinajstić information content (AvgIpc) is 3.54. The lowest BCUT2D eigenvalue weighted by Crippen LogP contribution is -2.28. The van der Waals surface area contributed by atoms with E-state index >= 15 is 0 Å². The third-order valence-electron chi connectivity index (χ3n) is 13.2. The second-order valence-electron chi connectivity index (χ2n) is 20.6.